The molecule has 46 heavy (non-hydrogen) atoms. The summed E-state index contributed by atoms with van der Waals surface area (Å²) in [6.45, 7) is 9.92. The normalized spacial score (nSPS) is 29.0. The van der Waals surface area contributed by atoms with Crippen molar-refractivity contribution in [2.24, 2.45) is 11.8 Å². The second-order valence-electron chi connectivity index (χ2n) is 13.0. The van der Waals surface area contributed by atoms with Gasteiger partial charge in [0.2, 0.25) is 10.0 Å². The van der Waals surface area contributed by atoms with Gasteiger partial charge < -0.3 is 29.3 Å². The highest BCUT2D eigenvalue weighted by Crippen LogP contribution is 2.28. The number of carbonyl (C=O) groups is 2. The van der Waals surface area contributed by atoms with E-state index in [1.165, 1.54) is 22.7 Å². The number of ether oxygens (including phenoxy) is 2. The minimum atomic E-state index is -3.29. The lowest BCUT2D eigenvalue weighted by Gasteiger charge is -2.35. The molecule has 256 valence electrons. The number of aliphatic hydroxyl groups excluding tert-OH is 1. The second-order valence-corrected chi connectivity index (χ2v) is 15.0. The maximum absolute atomic E-state index is 14.8. The minimum absolute atomic E-state index is 0.0925. The number of amides is 1. The van der Waals surface area contributed by atoms with Crippen LogP contribution in [0.25, 0.3) is 6.08 Å². The molecule has 0 aromatic heterocycles. The van der Waals surface area contributed by atoms with Crippen molar-refractivity contribution in [1.82, 2.24) is 14.1 Å². The molecule has 1 amide bonds. The van der Waals surface area contributed by atoms with Gasteiger partial charge in [0.1, 0.15) is 18.0 Å². The monoisotopic (exact) mass is 664 g/mol. The molecule has 3 aliphatic heterocycles. The Kier molecular flexibility index (Phi) is 12.3. The van der Waals surface area contributed by atoms with E-state index in [0.29, 0.717) is 68.9 Å². The van der Waals surface area contributed by atoms with E-state index < -0.39 is 40.1 Å². The summed E-state index contributed by atoms with van der Waals surface area (Å²) in [4.78, 5) is 31.8. The molecule has 3 aliphatic rings. The first-order chi connectivity index (χ1) is 21.7. The number of esters is 1. The van der Waals surface area contributed by atoms with E-state index in [1.54, 1.807) is 11.0 Å². The van der Waals surface area contributed by atoms with Crippen LogP contribution in [0.5, 0.6) is 0 Å². The molecule has 0 saturated carbocycles. The summed E-state index contributed by atoms with van der Waals surface area (Å²) < 4.78 is 52.0. The summed E-state index contributed by atoms with van der Waals surface area (Å²) in [5, 5.41) is 10.6. The summed E-state index contributed by atoms with van der Waals surface area (Å²) >= 11 is 0. The van der Waals surface area contributed by atoms with Gasteiger partial charge in [-0.05, 0) is 68.1 Å². The third kappa shape index (κ3) is 10.00. The number of cyclic esters (lactones) is 1. The molecule has 1 N–H and O–H groups in total. The van der Waals surface area contributed by atoms with Gasteiger partial charge >= 0.3 is 12.1 Å². The number of anilines is 1. The first-order valence-electron chi connectivity index (χ1n) is 16.1. The molecular weight excluding hydrogens is 615 g/mol. The highest BCUT2D eigenvalue weighted by Gasteiger charge is 2.29. The fourth-order valence-electron chi connectivity index (χ4n) is 6.11. The molecule has 1 aromatic carbocycles. The number of carbonyl (C=O) groups excluding carboxylic acids is 2. The predicted octanol–water partition coefficient (Wildman–Crippen LogP) is 3.35. The zero-order chi connectivity index (χ0) is 33.6. The van der Waals surface area contributed by atoms with Crippen LogP contribution in [-0.4, -0.2) is 124 Å². The topological polar surface area (TPSA) is 120 Å². The van der Waals surface area contributed by atoms with E-state index in [2.05, 4.69) is 4.90 Å². The van der Waals surface area contributed by atoms with Gasteiger partial charge in [-0.25, -0.2) is 17.6 Å². The Hall–Kier alpha value is -3.00. The molecule has 2 fully saturated rings. The number of piperazine rings is 2. The van der Waals surface area contributed by atoms with Gasteiger partial charge in [0.25, 0.3) is 0 Å². The van der Waals surface area contributed by atoms with Crippen LogP contribution >= 0.6 is 0 Å². The Morgan fingerprint density at radius 2 is 1.70 bits per heavy atom. The standard InChI is InChI=1S/C33H49FN4O7S/c1-23-6-8-29(39)22-31(40)45-32(24(2)7-9-30(23)44-33(41)37-12-10-35(4)11-13-37)25(3)18-26-19-27(34)21-28(20-26)36-14-16-38(17-15-36)46(5,42)43/h7,9,18-21,23-24,29-30,32,39H,6,8,10-17,22H2,1-5H3/b9-7+,25-18+/t23-,24-,29+,30+,32-/m0/s1. The molecule has 3 heterocycles. The summed E-state index contributed by atoms with van der Waals surface area (Å²) in [6, 6.07) is 4.66. The molecule has 11 nitrogen and oxygen atoms in total. The lowest BCUT2D eigenvalue weighted by Crippen LogP contribution is -2.48. The van der Waals surface area contributed by atoms with Crippen molar-refractivity contribution in [2.45, 2.75) is 58.3 Å². The number of halogens is 1. The van der Waals surface area contributed by atoms with E-state index in [-0.39, 0.29) is 24.3 Å². The van der Waals surface area contributed by atoms with Crippen molar-refractivity contribution in [3.8, 4) is 0 Å². The minimum Gasteiger partial charge on any atom is -0.457 e. The van der Waals surface area contributed by atoms with E-state index in [4.69, 9.17) is 9.47 Å². The van der Waals surface area contributed by atoms with Crippen LogP contribution in [0, 0.1) is 17.7 Å². The summed E-state index contributed by atoms with van der Waals surface area (Å²) in [6.07, 6.45) is 4.93. The molecule has 0 aliphatic carbocycles. The van der Waals surface area contributed by atoms with Gasteiger partial charge in [-0.3, -0.25) is 4.79 Å². The number of aliphatic hydroxyl groups is 1. The molecule has 0 bridgehead atoms. The maximum Gasteiger partial charge on any atom is 0.410 e. The molecular formula is C33H49FN4O7S. The average molecular weight is 665 g/mol. The SMILES string of the molecule is C/C(=C\c1cc(F)cc(N2CCN(S(C)(=O)=O)CC2)c1)[C@H]1OC(=O)C[C@H](O)CC[C@H](C)[C@H](OC(=O)N2CCN(C)CC2)/C=C/[C@@H]1C. The number of benzene rings is 1. The lowest BCUT2D eigenvalue weighted by molar-refractivity contribution is -0.151. The van der Waals surface area contributed by atoms with Crippen molar-refractivity contribution >= 4 is 33.8 Å². The van der Waals surface area contributed by atoms with Crippen molar-refractivity contribution in [1.29, 1.82) is 0 Å². The van der Waals surface area contributed by atoms with Crippen LogP contribution in [-0.2, 0) is 24.3 Å². The van der Waals surface area contributed by atoms with Crippen molar-refractivity contribution < 1.29 is 37.0 Å². The van der Waals surface area contributed by atoms with Crippen LogP contribution in [0.3, 0.4) is 0 Å². The highest BCUT2D eigenvalue weighted by molar-refractivity contribution is 7.88. The van der Waals surface area contributed by atoms with Crippen LogP contribution in [0.1, 0.15) is 45.6 Å². The quantitative estimate of drug-likeness (QED) is 0.374. The van der Waals surface area contributed by atoms with Gasteiger partial charge in [-0.2, -0.15) is 4.31 Å². The Bertz CT molecular complexity index is 1390. The highest BCUT2D eigenvalue weighted by atomic mass is 32.2. The Balaban J connectivity index is 1.55. The third-order valence-electron chi connectivity index (χ3n) is 9.08. The van der Waals surface area contributed by atoms with E-state index in [1.807, 2.05) is 50.9 Å². The van der Waals surface area contributed by atoms with Crippen molar-refractivity contribution in [3.05, 3.63) is 47.3 Å². The van der Waals surface area contributed by atoms with Crippen molar-refractivity contribution in [2.75, 3.05) is 70.6 Å². The Morgan fingerprint density at radius 3 is 2.35 bits per heavy atom. The smallest absolute Gasteiger partial charge is 0.410 e. The Labute approximate surface area is 272 Å². The summed E-state index contributed by atoms with van der Waals surface area (Å²) in [5.41, 5.74) is 1.89. The molecule has 0 spiro atoms. The number of likely N-dealkylation sites (N-methyl/N-ethyl adjacent to an activating group) is 1. The molecule has 0 radical (unpaired) electrons. The van der Waals surface area contributed by atoms with Gasteiger partial charge in [-0.1, -0.05) is 26.0 Å². The fourth-order valence-corrected chi connectivity index (χ4v) is 6.94. The number of nitrogens with zero attached hydrogens (tertiary/aromatic N) is 4. The average Bonchev–Trinajstić information content (AvgIpc) is 2.99. The van der Waals surface area contributed by atoms with E-state index >= 15 is 0 Å². The van der Waals surface area contributed by atoms with Gasteiger partial charge in [0.15, 0.2) is 0 Å². The predicted molar refractivity (Wildman–Crippen MR) is 175 cm³/mol. The fraction of sp³-hybridized carbons (Fsp3) is 0.636. The third-order valence-corrected chi connectivity index (χ3v) is 10.4. The van der Waals surface area contributed by atoms with Gasteiger partial charge in [0.05, 0.1) is 18.8 Å². The second kappa shape index (κ2) is 15.7. The summed E-state index contributed by atoms with van der Waals surface area (Å²) in [5.74, 6) is -1.38. The number of sulfonamides is 1. The first-order valence-corrected chi connectivity index (χ1v) is 17.9. The number of rotatable bonds is 5. The summed E-state index contributed by atoms with van der Waals surface area (Å²) in [7, 11) is -1.27. The van der Waals surface area contributed by atoms with Gasteiger partial charge in [0, 0.05) is 64.0 Å². The molecule has 0 unspecified atom stereocenters. The van der Waals surface area contributed by atoms with Crippen LogP contribution in [0.15, 0.2) is 35.9 Å². The van der Waals surface area contributed by atoms with Crippen LogP contribution in [0.4, 0.5) is 14.9 Å². The number of hydrogen-bond acceptors (Lipinski definition) is 9. The van der Waals surface area contributed by atoms with E-state index in [9.17, 15) is 27.5 Å². The molecule has 4 rings (SSSR count). The van der Waals surface area contributed by atoms with E-state index in [0.717, 1.165) is 13.1 Å². The molecule has 1 aromatic rings. The van der Waals surface area contributed by atoms with Crippen LogP contribution in [0.2, 0.25) is 0 Å². The molecule has 5 atom stereocenters. The zero-order valence-corrected chi connectivity index (χ0v) is 28.4. The molecule has 13 heteroatoms. The largest absolute Gasteiger partial charge is 0.457 e. The number of hydrogen-bond donors (Lipinski definition) is 1. The maximum atomic E-state index is 14.8. The molecule has 2 saturated heterocycles. The van der Waals surface area contributed by atoms with Crippen LogP contribution < -0.4 is 4.90 Å². The van der Waals surface area contributed by atoms with Gasteiger partial charge in [-0.15, -0.1) is 0 Å². The van der Waals surface area contributed by atoms with Crippen molar-refractivity contribution in [3.63, 3.8) is 0 Å². The first kappa shape index (κ1) is 35.8. The lowest BCUT2D eigenvalue weighted by atomic mass is 9.91. The zero-order valence-electron chi connectivity index (χ0n) is 27.6. The Morgan fingerprint density at radius 1 is 1.02 bits per heavy atom.